The zero-order valence-electron chi connectivity index (χ0n) is 7.55. The molecule has 0 spiro atoms. The Bertz CT molecular complexity index is 377. The fourth-order valence-electron chi connectivity index (χ4n) is 1.04. The average Bonchev–Trinajstić information content (AvgIpc) is 2.98. The van der Waals surface area contributed by atoms with Gasteiger partial charge in [-0.05, 0) is 24.3 Å². The van der Waals surface area contributed by atoms with Crippen molar-refractivity contribution in [2.45, 2.75) is 0 Å². The lowest BCUT2D eigenvalue weighted by Gasteiger charge is -1.82. The summed E-state index contributed by atoms with van der Waals surface area (Å²) in [6.07, 6.45) is 0. The molecule has 70 valence electrons. The number of fused-ring (bicyclic) bond motifs is 1. The molecule has 2 aromatic carbocycles. The number of ether oxygens (including phenoxy) is 1. The molecular formula is C12H10O2. The van der Waals surface area contributed by atoms with Gasteiger partial charge in [-0.15, -0.1) is 0 Å². The van der Waals surface area contributed by atoms with E-state index in [1.807, 2.05) is 30.3 Å². The molecule has 0 amide bonds. The molecule has 2 heteroatoms. The molecule has 0 aliphatic carbocycles. The highest BCUT2D eigenvalue weighted by atomic mass is 16.6. The fourth-order valence-corrected chi connectivity index (χ4v) is 1.04. The minimum Gasteiger partial charge on any atom is -0.508 e. The molecule has 3 rings (SSSR count). The molecule has 0 saturated heterocycles. The van der Waals surface area contributed by atoms with Gasteiger partial charge in [0.05, 0.1) is 0 Å². The average molecular weight is 186 g/mol. The Kier molecular flexibility index (Phi) is 2.36. The zero-order chi connectivity index (χ0) is 9.80. The van der Waals surface area contributed by atoms with E-state index in [0.717, 1.165) is 11.5 Å². The van der Waals surface area contributed by atoms with Crippen LogP contribution in [-0.2, 0) is 0 Å². The molecule has 0 radical (unpaired) electrons. The van der Waals surface area contributed by atoms with E-state index >= 15 is 0 Å². The Labute approximate surface area is 82.4 Å². The van der Waals surface area contributed by atoms with E-state index in [0.29, 0.717) is 5.75 Å². The van der Waals surface area contributed by atoms with Crippen molar-refractivity contribution in [3.8, 4) is 17.2 Å². The first kappa shape index (κ1) is 8.63. The number of phenols is 1. The van der Waals surface area contributed by atoms with Crippen molar-refractivity contribution in [3.05, 3.63) is 54.6 Å². The molecule has 0 bridgehead atoms. The van der Waals surface area contributed by atoms with Gasteiger partial charge < -0.3 is 9.84 Å². The van der Waals surface area contributed by atoms with Crippen LogP contribution in [0.3, 0.4) is 0 Å². The Morgan fingerprint density at radius 3 is 1.57 bits per heavy atom. The van der Waals surface area contributed by atoms with Gasteiger partial charge in [-0.3, -0.25) is 0 Å². The minimum atomic E-state index is 0.322. The van der Waals surface area contributed by atoms with Gasteiger partial charge in [0.2, 0.25) is 0 Å². The Balaban J connectivity index is 0.000000107. The Morgan fingerprint density at radius 2 is 1.21 bits per heavy atom. The second-order valence-electron chi connectivity index (χ2n) is 2.88. The summed E-state index contributed by atoms with van der Waals surface area (Å²) < 4.78 is 4.94. The number of phenolic OH excluding ortho intramolecular Hbond substituents is 1. The highest BCUT2D eigenvalue weighted by Gasteiger charge is 2.15. The van der Waals surface area contributed by atoms with Crippen LogP contribution in [0.4, 0.5) is 0 Å². The molecule has 0 atom stereocenters. The molecule has 2 nitrogen and oxygen atoms in total. The summed E-state index contributed by atoms with van der Waals surface area (Å²) in [4.78, 5) is 0. The number of para-hydroxylation sites is 3. The quantitative estimate of drug-likeness (QED) is 0.547. The van der Waals surface area contributed by atoms with Gasteiger partial charge in [-0.25, -0.2) is 0 Å². The lowest BCUT2D eigenvalue weighted by atomic mass is 10.3. The van der Waals surface area contributed by atoms with E-state index < -0.39 is 0 Å². The summed E-state index contributed by atoms with van der Waals surface area (Å²) in [6.45, 7) is 0. The molecule has 0 unspecified atom stereocenters. The number of hydrogen-bond donors (Lipinski definition) is 1. The molecule has 1 aliphatic rings. The zero-order valence-corrected chi connectivity index (χ0v) is 7.55. The fraction of sp³-hybridized carbons (Fsp3) is 0. The van der Waals surface area contributed by atoms with Gasteiger partial charge in [0.15, 0.2) is 11.5 Å². The molecule has 0 fully saturated rings. The van der Waals surface area contributed by atoms with Crippen molar-refractivity contribution in [2.24, 2.45) is 0 Å². The molecule has 0 saturated carbocycles. The van der Waals surface area contributed by atoms with Gasteiger partial charge in [0, 0.05) is 0 Å². The summed E-state index contributed by atoms with van der Waals surface area (Å²) in [5.41, 5.74) is 0. The first-order valence-corrected chi connectivity index (χ1v) is 4.37. The maximum Gasteiger partial charge on any atom is 0.170 e. The third-order valence-electron chi connectivity index (χ3n) is 1.78. The van der Waals surface area contributed by atoms with E-state index in [-0.39, 0.29) is 0 Å². The van der Waals surface area contributed by atoms with E-state index in [1.165, 1.54) is 0 Å². The predicted octanol–water partition coefficient (Wildman–Crippen LogP) is 3.18. The van der Waals surface area contributed by atoms with Crippen LogP contribution in [0.2, 0.25) is 0 Å². The summed E-state index contributed by atoms with van der Waals surface area (Å²) in [7, 11) is 0. The summed E-state index contributed by atoms with van der Waals surface area (Å²) in [6, 6.07) is 16.5. The lowest BCUT2D eigenvalue weighted by molar-refractivity contribution is 0.475. The first-order chi connectivity index (χ1) is 6.86. The van der Waals surface area contributed by atoms with Crippen LogP contribution in [0.1, 0.15) is 0 Å². The van der Waals surface area contributed by atoms with E-state index in [4.69, 9.17) is 9.84 Å². The van der Waals surface area contributed by atoms with E-state index in [9.17, 15) is 0 Å². The molecule has 14 heavy (non-hydrogen) atoms. The molecule has 1 N–H and O–H groups in total. The number of hydrogen-bond acceptors (Lipinski definition) is 2. The van der Waals surface area contributed by atoms with Crippen molar-refractivity contribution >= 4 is 0 Å². The van der Waals surface area contributed by atoms with Crippen molar-refractivity contribution in [2.75, 3.05) is 0 Å². The predicted molar refractivity (Wildman–Crippen MR) is 54.6 cm³/mol. The summed E-state index contributed by atoms with van der Waals surface area (Å²) >= 11 is 0. The molecule has 1 aliphatic heterocycles. The summed E-state index contributed by atoms with van der Waals surface area (Å²) in [5.74, 6) is 2.38. The van der Waals surface area contributed by atoms with Gasteiger partial charge in [0.25, 0.3) is 0 Å². The van der Waals surface area contributed by atoms with Gasteiger partial charge in [-0.2, -0.15) is 0 Å². The van der Waals surface area contributed by atoms with Crippen LogP contribution in [-0.4, -0.2) is 5.11 Å². The lowest BCUT2D eigenvalue weighted by Crippen LogP contribution is -1.56. The topological polar surface area (TPSA) is 32.8 Å². The number of benzene rings is 2. The first-order valence-electron chi connectivity index (χ1n) is 4.37. The van der Waals surface area contributed by atoms with Crippen LogP contribution < -0.4 is 4.74 Å². The molecule has 0 aromatic heterocycles. The minimum absolute atomic E-state index is 0.322. The van der Waals surface area contributed by atoms with E-state index in [1.54, 1.807) is 24.3 Å². The highest BCUT2D eigenvalue weighted by Crippen LogP contribution is 2.43. The highest BCUT2D eigenvalue weighted by molar-refractivity contribution is 5.53. The normalized spacial score (nSPS) is 10.3. The van der Waals surface area contributed by atoms with Gasteiger partial charge in [-0.1, -0.05) is 30.3 Å². The van der Waals surface area contributed by atoms with Crippen LogP contribution in [0.15, 0.2) is 54.6 Å². The maximum absolute atomic E-state index is 8.63. The van der Waals surface area contributed by atoms with E-state index in [2.05, 4.69) is 0 Å². The number of aromatic hydroxyl groups is 1. The van der Waals surface area contributed by atoms with Gasteiger partial charge >= 0.3 is 0 Å². The monoisotopic (exact) mass is 186 g/mol. The van der Waals surface area contributed by atoms with Gasteiger partial charge in [0.1, 0.15) is 5.75 Å². The van der Waals surface area contributed by atoms with Crippen molar-refractivity contribution in [1.82, 2.24) is 0 Å². The van der Waals surface area contributed by atoms with Crippen LogP contribution in [0.25, 0.3) is 0 Å². The largest absolute Gasteiger partial charge is 0.508 e. The Hall–Kier alpha value is -1.96. The number of rotatable bonds is 0. The van der Waals surface area contributed by atoms with Crippen molar-refractivity contribution < 1.29 is 9.84 Å². The maximum atomic E-state index is 8.63. The molecule has 2 aromatic rings. The second-order valence-corrected chi connectivity index (χ2v) is 2.88. The smallest absolute Gasteiger partial charge is 0.170 e. The third-order valence-corrected chi connectivity index (χ3v) is 1.78. The van der Waals surface area contributed by atoms with Crippen LogP contribution in [0, 0.1) is 0 Å². The Morgan fingerprint density at radius 1 is 0.714 bits per heavy atom. The van der Waals surface area contributed by atoms with Crippen molar-refractivity contribution in [1.29, 1.82) is 0 Å². The standard InChI is InChI=1S/C6H4O.C6H6O/c1-2-4-6-5(3-1)7-6;7-6-4-2-1-3-5-6/h1-4H;1-5,7H. The third kappa shape index (κ3) is 2.26. The summed E-state index contributed by atoms with van der Waals surface area (Å²) in [5, 5.41) is 8.63. The second kappa shape index (κ2) is 3.83. The van der Waals surface area contributed by atoms with Crippen molar-refractivity contribution in [3.63, 3.8) is 0 Å². The van der Waals surface area contributed by atoms with Crippen LogP contribution in [0.5, 0.6) is 17.2 Å². The SMILES string of the molecule is Oc1ccccc1.c1ccc2c(c1)O2. The molecular weight excluding hydrogens is 176 g/mol. The van der Waals surface area contributed by atoms with Crippen LogP contribution >= 0.6 is 0 Å². The molecule has 1 heterocycles.